The van der Waals surface area contributed by atoms with Gasteiger partial charge in [0.25, 0.3) is 0 Å². The molecule has 2 nitrogen and oxygen atoms in total. The monoisotopic (exact) mass is 303 g/mol. The van der Waals surface area contributed by atoms with Crippen molar-refractivity contribution in [3.8, 4) is 5.75 Å². The summed E-state index contributed by atoms with van der Waals surface area (Å²) in [6.07, 6.45) is 3.37. The maximum absolute atomic E-state index is 5.28. The SMILES string of the molecule is COc1ccc2cc(C(C)NC(C)CCSC)ccc2c1. The molecular weight excluding hydrogens is 278 g/mol. The lowest BCUT2D eigenvalue weighted by atomic mass is 10.0. The van der Waals surface area contributed by atoms with Crippen molar-refractivity contribution in [3.05, 3.63) is 42.0 Å². The Labute approximate surface area is 132 Å². The summed E-state index contributed by atoms with van der Waals surface area (Å²) in [5.74, 6) is 2.12. The normalized spacial score (nSPS) is 14.1. The standard InChI is InChI=1S/C18H25NOS/c1-13(9-10-21-4)19-14(2)15-5-6-17-12-18(20-3)8-7-16(17)11-15/h5-8,11-14,19H,9-10H2,1-4H3. The van der Waals surface area contributed by atoms with Crippen LogP contribution >= 0.6 is 11.8 Å². The Kier molecular flexibility index (Phi) is 5.95. The molecule has 0 bridgehead atoms. The highest BCUT2D eigenvalue weighted by Crippen LogP contribution is 2.24. The Hall–Kier alpha value is -1.19. The van der Waals surface area contributed by atoms with E-state index in [9.17, 15) is 0 Å². The van der Waals surface area contributed by atoms with Gasteiger partial charge in [-0.3, -0.25) is 0 Å². The average molecular weight is 303 g/mol. The molecule has 0 amide bonds. The number of hydrogen-bond donors (Lipinski definition) is 1. The lowest BCUT2D eigenvalue weighted by Crippen LogP contribution is -2.29. The Balaban J connectivity index is 2.11. The molecule has 0 radical (unpaired) electrons. The van der Waals surface area contributed by atoms with Crippen LogP contribution in [0.3, 0.4) is 0 Å². The first-order valence-corrected chi connectivity index (χ1v) is 8.86. The van der Waals surface area contributed by atoms with E-state index >= 15 is 0 Å². The van der Waals surface area contributed by atoms with Crippen molar-refractivity contribution in [2.45, 2.75) is 32.4 Å². The van der Waals surface area contributed by atoms with Crippen LogP contribution in [-0.4, -0.2) is 25.2 Å². The quantitative estimate of drug-likeness (QED) is 0.805. The number of fused-ring (bicyclic) bond motifs is 1. The molecule has 2 rings (SSSR count). The fourth-order valence-electron chi connectivity index (χ4n) is 2.54. The van der Waals surface area contributed by atoms with Gasteiger partial charge in [0, 0.05) is 12.1 Å². The van der Waals surface area contributed by atoms with Crippen molar-refractivity contribution < 1.29 is 4.74 Å². The van der Waals surface area contributed by atoms with E-state index in [-0.39, 0.29) is 0 Å². The lowest BCUT2D eigenvalue weighted by Gasteiger charge is -2.20. The largest absolute Gasteiger partial charge is 0.497 e. The van der Waals surface area contributed by atoms with Crippen LogP contribution in [0.2, 0.25) is 0 Å². The second-order valence-corrected chi connectivity index (χ2v) is 6.53. The highest BCUT2D eigenvalue weighted by atomic mass is 32.2. The third kappa shape index (κ3) is 4.39. The maximum Gasteiger partial charge on any atom is 0.119 e. The van der Waals surface area contributed by atoms with E-state index in [0.717, 1.165) is 5.75 Å². The first-order valence-electron chi connectivity index (χ1n) is 7.46. The van der Waals surface area contributed by atoms with Gasteiger partial charge in [-0.15, -0.1) is 0 Å². The molecule has 0 aliphatic rings. The summed E-state index contributed by atoms with van der Waals surface area (Å²) < 4.78 is 5.28. The summed E-state index contributed by atoms with van der Waals surface area (Å²) in [6, 6.07) is 13.8. The highest BCUT2D eigenvalue weighted by molar-refractivity contribution is 7.98. The van der Waals surface area contributed by atoms with E-state index in [1.54, 1.807) is 7.11 Å². The molecule has 0 heterocycles. The number of rotatable bonds is 7. The van der Waals surface area contributed by atoms with Gasteiger partial charge in [0.05, 0.1) is 7.11 Å². The zero-order valence-electron chi connectivity index (χ0n) is 13.3. The molecule has 0 aliphatic heterocycles. The minimum absolute atomic E-state index is 0.369. The van der Waals surface area contributed by atoms with E-state index in [1.165, 1.54) is 28.5 Å². The molecule has 0 saturated carbocycles. The molecule has 2 unspecified atom stereocenters. The van der Waals surface area contributed by atoms with E-state index < -0.39 is 0 Å². The molecular formula is C18H25NOS. The molecule has 3 heteroatoms. The molecule has 0 fully saturated rings. The Morgan fingerprint density at radius 2 is 1.81 bits per heavy atom. The predicted molar refractivity (Wildman–Crippen MR) is 94.5 cm³/mol. The van der Waals surface area contributed by atoms with E-state index in [1.807, 2.05) is 17.8 Å². The third-order valence-electron chi connectivity index (χ3n) is 3.86. The van der Waals surface area contributed by atoms with Gasteiger partial charge < -0.3 is 10.1 Å². The summed E-state index contributed by atoms with van der Waals surface area (Å²) >= 11 is 1.91. The zero-order chi connectivity index (χ0) is 15.2. The molecule has 1 N–H and O–H groups in total. The van der Waals surface area contributed by atoms with Crippen molar-refractivity contribution in [2.24, 2.45) is 0 Å². The highest BCUT2D eigenvalue weighted by Gasteiger charge is 2.10. The maximum atomic E-state index is 5.28. The van der Waals surface area contributed by atoms with Crippen LogP contribution in [-0.2, 0) is 0 Å². The molecule has 0 spiro atoms. The number of ether oxygens (including phenoxy) is 1. The van der Waals surface area contributed by atoms with Gasteiger partial charge in [-0.25, -0.2) is 0 Å². The smallest absolute Gasteiger partial charge is 0.119 e. The molecule has 0 aliphatic carbocycles. The van der Waals surface area contributed by atoms with Crippen LogP contribution in [0.4, 0.5) is 0 Å². The molecule has 21 heavy (non-hydrogen) atoms. The van der Waals surface area contributed by atoms with Crippen LogP contribution in [0, 0.1) is 0 Å². The van der Waals surface area contributed by atoms with Gasteiger partial charge in [-0.1, -0.05) is 18.2 Å². The van der Waals surface area contributed by atoms with Gasteiger partial charge in [-0.2, -0.15) is 11.8 Å². The number of methoxy groups -OCH3 is 1. The van der Waals surface area contributed by atoms with Gasteiger partial charge in [0.15, 0.2) is 0 Å². The molecule has 0 aromatic heterocycles. The fourth-order valence-corrected chi connectivity index (χ4v) is 3.13. The minimum atomic E-state index is 0.369. The third-order valence-corrected chi connectivity index (χ3v) is 4.50. The van der Waals surface area contributed by atoms with Crippen molar-refractivity contribution in [1.29, 1.82) is 0 Å². The minimum Gasteiger partial charge on any atom is -0.497 e. The van der Waals surface area contributed by atoms with E-state index in [0.29, 0.717) is 12.1 Å². The Morgan fingerprint density at radius 1 is 1.10 bits per heavy atom. The molecule has 114 valence electrons. The van der Waals surface area contributed by atoms with Gasteiger partial charge in [0.2, 0.25) is 0 Å². The van der Waals surface area contributed by atoms with Crippen LogP contribution in [0.25, 0.3) is 10.8 Å². The second kappa shape index (κ2) is 7.71. The number of thioether (sulfide) groups is 1. The summed E-state index contributed by atoms with van der Waals surface area (Å²) in [5, 5.41) is 6.17. The molecule has 2 atom stereocenters. The number of benzene rings is 2. The van der Waals surface area contributed by atoms with Gasteiger partial charge >= 0.3 is 0 Å². The summed E-state index contributed by atoms with van der Waals surface area (Å²) in [4.78, 5) is 0. The zero-order valence-corrected chi connectivity index (χ0v) is 14.2. The first kappa shape index (κ1) is 16.2. The van der Waals surface area contributed by atoms with Crippen LogP contribution < -0.4 is 10.1 Å². The fraction of sp³-hybridized carbons (Fsp3) is 0.444. The van der Waals surface area contributed by atoms with Crippen LogP contribution in [0.15, 0.2) is 36.4 Å². The molecule has 2 aromatic rings. The van der Waals surface area contributed by atoms with Crippen molar-refractivity contribution in [2.75, 3.05) is 19.1 Å². The Morgan fingerprint density at radius 3 is 2.52 bits per heavy atom. The number of nitrogens with one attached hydrogen (secondary N) is 1. The number of hydrogen-bond acceptors (Lipinski definition) is 3. The van der Waals surface area contributed by atoms with E-state index in [4.69, 9.17) is 4.74 Å². The predicted octanol–water partition coefficient (Wildman–Crippen LogP) is 4.64. The summed E-state index contributed by atoms with van der Waals surface area (Å²) in [6.45, 7) is 4.50. The average Bonchev–Trinajstić information content (AvgIpc) is 2.51. The van der Waals surface area contributed by atoms with E-state index in [2.05, 4.69) is 55.8 Å². The van der Waals surface area contributed by atoms with Crippen LogP contribution in [0.5, 0.6) is 5.75 Å². The second-order valence-electron chi connectivity index (χ2n) is 5.54. The summed E-state index contributed by atoms with van der Waals surface area (Å²) in [5.41, 5.74) is 1.34. The van der Waals surface area contributed by atoms with Gasteiger partial charge in [-0.05, 0) is 66.8 Å². The lowest BCUT2D eigenvalue weighted by molar-refractivity contribution is 0.415. The topological polar surface area (TPSA) is 21.3 Å². The van der Waals surface area contributed by atoms with Crippen molar-refractivity contribution in [3.63, 3.8) is 0 Å². The van der Waals surface area contributed by atoms with Crippen LogP contribution in [0.1, 0.15) is 31.9 Å². The Bertz CT molecular complexity index is 584. The molecule has 0 saturated heterocycles. The summed E-state index contributed by atoms with van der Waals surface area (Å²) in [7, 11) is 1.71. The van der Waals surface area contributed by atoms with Crippen molar-refractivity contribution >= 4 is 22.5 Å². The first-order chi connectivity index (χ1) is 10.1. The molecule has 2 aromatic carbocycles. The van der Waals surface area contributed by atoms with Crippen molar-refractivity contribution in [1.82, 2.24) is 5.32 Å². The van der Waals surface area contributed by atoms with Gasteiger partial charge in [0.1, 0.15) is 5.75 Å².